The third-order valence-corrected chi connectivity index (χ3v) is 3.48. The van der Waals surface area contributed by atoms with Crippen LogP contribution >= 0.6 is 0 Å². The fraction of sp³-hybridized carbons (Fsp3) is 0.188. The van der Waals surface area contributed by atoms with Gasteiger partial charge in [-0.05, 0) is 43.7 Å². The van der Waals surface area contributed by atoms with Gasteiger partial charge in [0, 0.05) is 16.6 Å². The summed E-state index contributed by atoms with van der Waals surface area (Å²) in [5.41, 5.74) is 3.93. The number of H-pyrrole nitrogens is 1. The molecule has 4 nitrogen and oxygen atoms in total. The maximum atomic E-state index is 10.0. The van der Waals surface area contributed by atoms with Crippen molar-refractivity contribution in [3.8, 4) is 5.75 Å². The first-order valence-electron chi connectivity index (χ1n) is 6.62. The Morgan fingerprint density at radius 1 is 1.20 bits per heavy atom. The lowest BCUT2D eigenvalue weighted by Gasteiger charge is -2.17. The van der Waals surface area contributed by atoms with Crippen LogP contribution in [-0.2, 0) is 0 Å². The Bertz CT molecular complexity index is 748. The predicted octanol–water partition coefficient (Wildman–Crippen LogP) is 3.75. The summed E-state index contributed by atoms with van der Waals surface area (Å²) in [5, 5.41) is 21.5. The highest BCUT2D eigenvalue weighted by Crippen LogP contribution is 2.28. The topological polar surface area (TPSA) is 60.9 Å². The van der Waals surface area contributed by atoms with E-state index in [4.69, 9.17) is 0 Å². The van der Waals surface area contributed by atoms with Gasteiger partial charge in [0.15, 0.2) is 0 Å². The van der Waals surface area contributed by atoms with Crippen molar-refractivity contribution in [1.82, 2.24) is 10.2 Å². The molecule has 1 heterocycles. The van der Waals surface area contributed by atoms with Gasteiger partial charge in [-0.25, -0.2) is 0 Å². The van der Waals surface area contributed by atoms with Crippen LogP contribution in [0.25, 0.3) is 10.9 Å². The van der Waals surface area contributed by atoms with Crippen molar-refractivity contribution < 1.29 is 5.11 Å². The number of aromatic nitrogens is 2. The molecule has 3 aromatic rings. The molecule has 3 N–H and O–H groups in total. The lowest BCUT2D eigenvalue weighted by Crippen LogP contribution is -2.06. The second-order valence-electron chi connectivity index (χ2n) is 5.10. The Balaban J connectivity index is 1.85. The maximum Gasteiger partial charge on any atom is 0.121 e. The standard InChI is InChI=1S/C16H17N3O/c1-10-3-6-14(16(20)7-10)11(2)18-13-5-4-12-9-17-19-15(12)8-13/h3-9,11,18,20H,1-2H3,(H,17,19). The van der Waals surface area contributed by atoms with Crippen LogP contribution in [0.3, 0.4) is 0 Å². The van der Waals surface area contributed by atoms with Crippen LogP contribution in [0.4, 0.5) is 5.69 Å². The molecule has 1 aromatic heterocycles. The van der Waals surface area contributed by atoms with Gasteiger partial charge in [-0.1, -0.05) is 12.1 Å². The summed E-state index contributed by atoms with van der Waals surface area (Å²) in [4.78, 5) is 0. The van der Waals surface area contributed by atoms with Crippen LogP contribution in [0.1, 0.15) is 24.1 Å². The van der Waals surface area contributed by atoms with Crippen LogP contribution in [0, 0.1) is 6.92 Å². The molecule has 0 spiro atoms. The van der Waals surface area contributed by atoms with E-state index in [-0.39, 0.29) is 6.04 Å². The van der Waals surface area contributed by atoms with Gasteiger partial charge in [0.25, 0.3) is 0 Å². The van der Waals surface area contributed by atoms with Gasteiger partial charge in [0.1, 0.15) is 5.75 Å². The second-order valence-corrected chi connectivity index (χ2v) is 5.10. The zero-order chi connectivity index (χ0) is 14.1. The zero-order valence-electron chi connectivity index (χ0n) is 11.5. The maximum absolute atomic E-state index is 10.0. The molecule has 0 aliphatic rings. The second kappa shape index (κ2) is 4.89. The van der Waals surface area contributed by atoms with Crippen LogP contribution < -0.4 is 5.32 Å². The van der Waals surface area contributed by atoms with Gasteiger partial charge < -0.3 is 10.4 Å². The Labute approximate surface area is 117 Å². The summed E-state index contributed by atoms with van der Waals surface area (Å²) < 4.78 is 0. The van der Waals surface area contributed by atoms with Gasteiger partial charge in [0.05, 0.1) is 17.8 Å². The molecule has 1 unspecified atom stereocenters. The fourth-order valence-corrected chi connectivity index (χ4v) is 2.37. The largest absolute Gasteiger partial charge is 0.508 e. The third-order valence-electron chi connectivity index (χ3n) is 3.48. The number of nitrogens with one attached hydrogen (secondary N) is 2. The smallest absolute Gasteiger partial charge is 0.121 e. The van der Waals surface area contributed by atoms with Gasteiger partial charge >= 0.3 is 0 Å². The van der Waals surface area contributed by atoms with Crippen LogP contribution in [0.15, 0.2) is 42.6 Å². The van der Waals surface area contributed by atoms with Crippen LogP contribution in [0.2, 0.25) is 0 Å². The van der Waals surface area contributed by atoms with E-state index >= 15 is 0 Å². The number of aromatic hydroxyl groups is 1. The predicted molar refractivity (Wildman–Crippen MR) is 81.0 cm³/mol. The van der Waals surface area contributed by atoms with Crippen LogP contribution in [0.5, 0.6) is 5.75 Å². The van der Waals surface area contributed by atoms with E-state index in [0.717, 1.165) is 27.7 Å². The minimum absolute atomic E-state index is 0.0240. The summed E-state index contributed by atoms with van der Waals surface area (Å²) in [7, 11) is 0. The number of fused-ring (bicyclic) bond motifs is 1. The average molecular weight is 267 g/mol. The molecule has 0 radical (unpaired) electrons. The summed E-state index contributed by atoms with van der Waals surface area (Å²) >= 11 is 0. The Hall–Kier alpha value is -2.49. The highest BCUT2D eigenvalue weighted by Gasteiger charge is 2.10. The molecule has 0 bridgehead atoms. The number of benzene rings is 2. The number of hydrogen-bond acceptors (Lipinski definition) is 3. The van der Waals surface area contributed by atoms with Crippen molar-refractivity contribution in [2.45, 2.75) is 19.9 Å². The number of rotatable bonds is 3. The van der Waals surface area contributed by atoms with E-state index in [1.165, 1.54) is 0 Å². The molecule has 0 saturated heterocycles. The monoisotopic (exact) mass is 267 g/mol. The van der Waals surface area contributed by atoms with Crippen molar-refractivity contribution in [3.05, 3.63) is 53.7 Å². The first-order chi connectivity index (χ1) is 9.63. The molecule has 0 aliphatic heterocycles. The van der Waals surface area contributed by atoms with E-state index in [0.29, 0.717) is 5.75 Å². The van der Waals surface area contributed by atoms with E-state index < -0.39 is 0 Å². The highest BCUT2D eigenvalue weighted by atomic mass is 16.3. The summed E-state index contributed by atoms with van der Waals surface area (Å²) in [6, 6.07) is 11.8. The quantitative estimate of drug-likeness (QED) is 0.677. The normalized spacial score (nSPS) is 12.5. The molecule has 0 aliphatic carbocycles. The lowest BCUT2D eigenvalue weighted by atomic mass is 10.0. The number of aryl methyl sites for hydroxylation is 1. The highest BCUT2D eigenvalue weighted by molar-refractivity contribution is 5.81. The molecular weight excluding hydrogens is 250 g/mol. The molecule has 2 aromatic carbocycles. The Morgan fingerprint density at radius 3 is 2.85 bits per heavy atom. The molecule has 4 heteroatoms. The molecular formula is C16H17N3O. The molecule has 0 fully saturated rings. The van der Waals surface area contributed by atoms with Gasteiger partial charge in [0.2, 0.25) is 0 Å². The molecule has 20 heavy (non-hydrogen) atoms. The van der Waals surface area contributed by atoms with E-state index in [9.17, 15) is 5.11 Å². The van der Waals surface area contributed by atoms with Crippen molar-refractivity contribution >= 4 is 16.6 Å². The summed E-state index contributed by atoms with van der Waals surface area (Å²) in [5.74, 6) is 0.326. The molecule has 3 rings (SSSR count). The molecule has 1 atom stereocenters. The number of phenolic OH excluding ortho intramolecular Hbond substituents is 1. The Morgan fingerprint density at radius 2 is 2.05 bits per heavy atom. The first-order valence-corrected chi connectivity index (χ1v) is 6.62. The first kappa shape index (κ1) is 12.5. The van der Waals surface area contributed by atoms with Crippen molar-refractivity contribution in [2.24, 2.45) is 0 Å². The molecule has 0 amide bonds. The molecule has 0 saturated carbocycles. The minimum atomic E-state index is 0.0240. The van der Waals surface area contributed by atoms with Gasteiger partial charge in [-0.15, -0.1) is 0 Å². The number of hydrogen-bond donors (Lipinski definition) is 3. The summed E-state index contributed by atoms with van der Waals surface area (Å²) in [6.45, 7) is 4.00. The van der Waals surface area contributed by atoms with Gasteiger partial charge in [-0.2, -0.15) is 5.10 Å². The van der Waals surface area contributed by atoms with E-state index in [1.54, 1.807) is 12.3 Å². The average Bonchev–Trinajstić information content (AvgIpc) is 2.85. The van der Waals surface area contributed by atoms with Crippen molar-refractivity contribution in [1.29, 1.82) is 0 Å². The number of anilines is 1. The van der Waals surface area contributed by atoms with Gasteiger partial charge in [-0.3, -0.25) is 5.10 Å². The fourth-order valence-electron chi connectivity index (χ4n) is 2.37. The SMILES string of the molecule is Cc1ccc(C(C)Nc2ccc3cn[nH]c3c2)c(O)c1. The number of nitrogens with zero attached hydrogens (tertiary/aromatic N) is 1. The number of phenols is 1. The van der Waals surface area contributed by atoms with Crippen molar-refractivity contribution in [3.63, 3.8) is 0 Å². The summed E-state index contributed by atoms with van der Waals surface area (Å²) in [6.07, 6.45) is 1.80. The van der Waals surface area contributed by atoms with E-state index in [2.05, 4.69) is 15.5 Å². The minimum Gasteiger partial charge on any atom is -0.508 e. The Kier molecular flexibility index (Phi) is 3.06. The molecule has 102 valence electrons. The zero-order valence-corrected chi connectivity index (χ0v) is 11.5. The van der Waals surface area contributed by atoms with Crippen molar-refractivity contribution in [2.75, 3.05) is 5.32 Å². The lowest BCUT2D eigenvalue weighted by molar-refractivity contribution is 0.465. The number of aromatic amines is 1. The van der Waals surface area contributed by atoms with Crippen LogP contribution in [-0.4, -0.2) is 15.3 Å². The van der Waals surface area contributed by atoms with E-state index in [1.807, 2.05) is 44.2 Å². The third kappa shape index (κ3) is 2.32.